The minimum Gasteiger partial charge on any atom is -0.726 e. The maximum absolute atomic E-state index is 10.1. The zero-order valence-corrected chi connectivity index (χ0v) is 17.0. The Morgan fingerprint density at radius 3 is 2.19 bits per heavy atom. The van der Waals surface area contributed by atoms with Crippen LogP contribution < -0.4 is 0 Å². The van der Waals surface area contributed by atoms with E-state index in [0.717, 1.165) is 25.0 Å². The molecule has 0 saturated heterocycles. The highest BCUT2D eigenvalue weighted by Crippen LogP contribution is 2.21. The number of hydrogen-bond donors (Lipinski definition) is 1. The molecule has 1 N–H and O–H groups in total. The largest absolute Gasteiger partial charge is 0.726 e. The third-order valence-corrected chi connectivity index (χ3v) is 6.62. The van der Waals surface area contributed by atoms with E-state index < -0.39 is 10.4 Å². The summed E-state index contributed by atoms with van der Waals surface area (Å²) in [7, 11) is -4.28. The van der Waals surface area contributed by atoms with Gasteiger partial charge in [0.05, 0.1) is 6.10 Å². The predicted molar refractivity (Wildman–Crippen MR) is 107 cm³/mol. The molecule has 0 bridgehead atoms. The summed E-state index contributed by atoms with van der Waals surface area (Å²) in [5.74, 6) is 1.39. The highest BCUT2D eigenvalue weighted by Gasteiger charge is 2.16. The number of phenolic OH excluding ortho intramolecular Hbond substituents is 1. The van der Waals surface area contributed by atoms with Crippen molar-refractivity contribution in [3.8, 4) is 5.75 Å². The third kappa shape index (κ3) is 8.79. The smallest absolute Gasteiger partial charge is 0.217 e. The van der Waals surface area contributed by atoms with E-state index in [1.165, 1.54) is 10.5 Å². The Morgan fingerprint density at radius 1 is 1.04 bits per heavy atom. The van der Waals surface area contributed by atoms with Gasteiger partial charge in [-0.2, -0.15) is 0 Å². The molecule has 5 nitrogen and oxygen atoms in total. The van der Waals surface area contributed by atoms with Crippen LogP contribution in [0.15, 0.2) is 59.5 Å². The molecule has 0 heterocycles. The third-order valence-electron chi connectivity index (χ3n) is 4.27. The zero-order valence-electron chi connectivity index (χ0n) is 15.4. The highest BCUT2D eigenvalue weighted by atomic mass is 32.3. The lowest BCUT2D eigenvalue weighted by atomic mass is 9.98. The fraction of sp³-hybridized carbons (Fsp3) is 0.400. The van der Waals surface area contributed by atoms with Crippen LogP contribution in [0.25, 0.3) is 0 Å². The summed E-state index contributed by atoms with van der Waals surface area (Å²) in [4.78, 5) is 1.29. The maximum Gasteiger partial charge on any atom is 0.217 e. The summed E-state index contributed by atoms with van der Waals surface area (Å²) in [5, 5.41) is 9.23. The second-order valence-electron chi connectivity index (χ2n) is 6.53. The van der Waals surface area contributed by atoms with Gasteiger partial charge in [-0.05, 0) is 37.1 Å². The molecule has 1 aliphatic rings. The van der Waals surface area contributed by atoms with Crippen molar-refractivity contribution in [3.63, 3.8) is 0 Å². The van der Waals surface area contributed by atoms with Gasteiger partial charge < -0.3 is 9.66 Å². The fourth-order valence-corrected chi connectivity index (χ4v) is 4.90. The van der Waals surface area contributed by atoms with Crippen LogP contribution in [0.5, 0.6) is 5.75 Å². The number of phenols is 1. The first kappa shape index (κ1) is 21.8. The second kappa shape index (κ2) is 10.7. The molecule has 0 spiro atoms. The molecule has 2 aromatic rings. The van der Waals surface area contributed by atoms with Gasteiger partial charge in [0.15, 0.2) is 4.90 Å². The molecule has 27 heavy (non-hydrogen) atoms. The molecule has 2 aromatic carbocycles. The van der Waals surface area contributed by atoms with E-state index in [0.29, 0.717) is 18.6 Å². The van der Waals surface area contributed by atoms with E-state index in [4.69, 9.17) is 0 Å². The van der Waals surface area contributed by atoms with Gasteiger partial charge in [-0.3, -0.25) is 4.18 Å². The number of hydrogen-bond acceptors (Lipinski definition) is 5. The molecular weight excluding hydrogens is 384 g/mol. The molecule has 0 aromatic heterocycles. The SMILES string of the molecule is C[S+](Cc1ccccc1)c1ccc(O)cc1.O=S(=O)([O-])OC1CCCCC1. The minimum atomic E-state index is -4.47. The molecule has 1 aliphatic carbocycles. The van der Waals surface area contributed by atoms with Crippen LogP contribution in [0.3, 0.4) is 0 Å². The monoisotopic (exact) mass is 410 g/mol. The Morgan fingerprint density at radius 2 is 1.63 bits per heavy atom. The Labute approximate surface area is 164 Å². The highest BCUT2D eigenvalue weighted by molar-refractivity contribution is 7.95. The molecule has 0 radical (unpaired) electrons. The first-order chi connectivity index (χ1) is 12.8. The Kier molecular flexibility index (Phi) is 8.63. The Hall–Kier alpha value is -1.54. The molecule has 7 heteroatoms. The van der Waals surface area contributed by atoms with Gasteiger partial charge >= 0.3 is 0 Å². The van der Waals surface area contributed by atoms with Gasteiger partial charge in [-0.1, -0.05) is 49.6 Å². The van der Waals surface area contributed by atoms with Crippen LogP contribution >= 0.6 is 0 Å². The van der Waals surface area contributed by atoms with Gasteiger partial charge in [0.1, 0.15) is 17.8 Å². The summed E-state index contributed by atoms with van der Waals surface area (Å²) in [6, 6.07) is 18.0. The molecule has 3 rings (SSSR count). The van der Waals surface area contributed by atoms with Crippen molar-refractivity contribution in [1.82, 2.24) is 0 Å². The van der Waals surface area contributed by atoms with Gasteiger partial charge in [0.2, 0.25) is 10.4 Å². The van der Waals surface area contributed by atoms with Crippen molar-refractivity contribution in [2.45, 2.75) is 48.9 Å². The van der Waals surface area contributed by atoms with Crippen molar-refractivity contribution in [2.75, 3.05) is 6.26 Å². The summed E-state index contributed by atoms with van der Waals surface area (Å²) in [6.45, 7) is 0. The van der Waals surface area contributed by atoms with Crippen LogP contribution in [-0.2, 0) is 31.2 Å². The van der Waals surface area contributed by atoms with E-state index in [-0.39, 0.29) is 17.0 Å². The number of benzene rings is 2. The molecular formula is C20H26O5S2. The maximum atomic E-state index is 10.1. The quantitative estimate of drug-likeness (QED) is 0.457. The predicted octanol–water partition coefficient (Wildman–Crippen LogP) is 4.00. The van der Waals surface area contributed by atoms with Crippen LogP contribution in [0.4, 0.5) is 0 Å². The summed E-state index contributed by atoms with van der Waals surface area (Å²) in [6.07, 6.45) is 6.30. The van der Waals surface area contributed by atoms with E-state index in [2.05, 4.69) is 34.7 Å². The molecule has 148 valence electrons. The lowest BCUT2D eigenvalue weighted by Crippen LogP contribution is -2.20. The normalized spacial score (nSPS) is 16.2. The molecule has 1 fully saturated rings. The van der Waals surface area contributed by atoms with Crippen molar-refractivity contribution in [2.24, 2.45) is 0 Å². The standard InChI is InChI=1S/C14H14OS.C6H12O4S/c1-16(11-12-5-3-2-4-6-12)14-9-7-13(15)8-10-14;7-11(8,9)10-6-4-2-1-3-5-6/h2-10H,11H2,1H3;6H,1-5H2,(H,7,8,9). The lowest BCUT2D eigenvalue weighted by molar-refractivity contribution is 0.139. The van der Waals surface area contributed by atoms with E-state index >= 15 is 0 Å². The van der Waals surface area contributed by atoms with Crippen LogP contribution in [0.1, 0.15) is 37.7 Å². The van der Waals surface area contributed by atoms with E-state index in [1.807, 2.05) is 18.2 Å². The molecule has 0 aliphatic heterocycles. The van der Waals surface area contributed by atoms with Gasteiger partial charge in [-0.25, -0.2) is 8.42 Å². The van der Waals surface area contributed by atoms with E-state index in [1.54, 1.807) is 12.1 Å². The van der Waals surface area contributed by atoms with Gasteiger partial charge in [0.25, 0.3) is 0 Å². The Bertz CT molecular complexity index is 770. The van der Waals surface area contributed by atoms with Crippen molar-refractivity contribution >= 4 is 21.3 Å². The molecule has 1 saturated carbocycles. The molecule has 0 amide bonds. The number of aromatic hydroxyl groups is 1. The first-order valence-corrected chi connectivity index (χ1v) is 12.1. The molecule has 1 unspecified atom stereocenters. The second-order valence-corrected chi connectivity index (χ2v) is 9.57. The fourth-order valence-electron chi connectivity index (χ4n) is 2.91. The van der Waals surface area contributed by atoms with Crippen LogP contribution in [-0.4, -0.2) is 30.4 Å². The van der Waals surface area contributed by atoms with Gasteiger partial charge in [0, 0.05) is 16.5 Å². The van der Waals surface area contributed by atoms with Crippen molar-refractivity contribution in [3.05, 3.63) is 60.2 Å². The first-order valence-electron chi connectivity index (χ1n) is 8.93. The average Bonchev–Trinajstić information content (AvgIpc) is 2.63. The number of rotatable bonds is 5. The van der Waals surface area contributed by atoms with E-state index in [9.17, 15) is 18.1 Å². The van der Waals surface area contributed by atoms with Crippen LogP contribution in [0.2, 0.25) is 0 Å². The van der Waals surface area contributed by atoms with Crippen LogP contribution in [0, 0.1) is 0 Å². The van der Waals surface area contributed by atoms with Gasteiger partial charge in [-0.15, -0.1) is 0 Å². The zero-order chi connectivity index (χ0) is 19.7. The van der Waals surface area contributed by atoms with Crippen molar-refractivity contribution in [1.29, 1.82) is 0 Å². The topological polar surface area (TPSA) is 86.7 Å². The summed E-state index contributed by atoms with van der Waals surface area (Å²) in [5.41, 5.74) is 1.36. The Balaban J connectivity index is 0.000000208. The average molecular weight is 411 g/mol. The van der Waals surface area contributed by atoms with Crippen molar-refractivity contribution < 1.29 is 22.3 Å². The minimum absolute atomic E-state index is 0.196. The molecule has 1 atom stereocenters. The summed E-state index contributed by atoms with van der Waals surface area (Å²) < 4.78 is 34.7. The summed E-state index contributed by atoms with van der Waals surface area (Å²) >= 11 is 0. The lowest BCUT2D eigenvalue weighted by Gasteiger charge is -2.22.